The number of amides is 1. The van der Waals surface area contributed by atoms with Gasteiger partial charge in [0.15, 0.2) is 0 Å². The SMILES string of the molecule is Nc1nc2[nH]c(CCC#Cc3cc(C(=O)NC(CCC(=O)O)C(=O)O)cs3)cc2c(=O)[nH]1. The predicted octanol–water partition coefficient (Wildman–Crippen LogP) is 0.927. The fourth-order valence-electron chi connectivity index (χ4n) is 2.86. The lowest BCUT2D eigenvalue weighted by molar-refractivity contribution is -0.140. The number of hydrogen-bond acceptors (Lipinski definition) is 7. The highest BCUT2D eigenvalue weighted by atomic mass is 32.1. The maximum Gasteiger partial charge on any atom is 0.326 e. The molecule has 0 saturated carbocycles. The van der Waals surface area contributed by atoms with Crippen LogP contribution < -0.4 is 16.6 Å². The number of nitrogens with one attached hydrogen (secondary N) is 3. The van der Waals surface area contributed by atoms with Crippen LogP contribution in [0.3, 0.4) is 0 Å². The maximum atomic E-state index is 12.3. The lowest BCUT2D eigenvalue weighted by Gasteiger charge is -2.12. The van der Waals surface area contributed by atoms with Crippen molar-refractivity contribution in [2.24, 2.45) is 0 Å². The van der Waals surface area contributed by atoms with Crippen molar-refractivity contribution >= 4 is 46.2 Å². The number of H-pyrrole nitrogens is 2. The van der Waals surface area contributed by atoms with Crippen LogP contribution in [0.1, 0.15) is 40.2 Å². The number of aromatic amines is 2. The van der Waals surface area contributed by atoms with E-state index in [2.05, 4.69) is 32.1 Å². The van der Waals surface area contributed by atoms with Crippen LogP contribution in [0, 0.1) is 11.8 Å². The molecule has 32 heavy (non-hydrogen) atoms. The van der Waals surface area contributed by atoms with E-state index in [4.69, 9.17) is 15.9 Å². The first-order valence-electron chi connectivity index (χ1n) is 9.43. The Morgan fingerprint density at radius 3 is 2.75 bits per heavy atom. The van der Waals surface area contributed by atoms with Gasteiger partial charge in [-0.2, -0.15) is 4.98 Å². The highest BCUT2D eigenvalue weighted by Crippen LogP contribution is 2.15. The normalized spacial score (nSPS) is 11.5. The minimum absolute atomic E-state index is 0.0322. The number of hydrogen-bond donors (Lipinski definition) is 6. The van der Waals surface area contributed by atoms with E-state index in [1.54, 1.807) is 11.4 Å². The molecule has 166 valence electrons. The van der Waals surface area contributed by atoms with Gasteiger partial charge in [0.2, 0.25) is 5.95 Å². The molecule has 0 aliphatic carbocycles. The van der Waals surface area contributed by atoms with Crippen LogP contribution in [0.15, 0.2) is 22.3 Å². The van der Waals surface area contributed by atoms with Crippen LogP contribution >= 0.6 is 11.3 Å². The number of aromatic nitrogens is 3. The fraction of sp³-hybridized carbons (Fsp3) is 0.250. The standard InChI is InChI=1S/C20H19N5O6S/c21-20-24-16-13(18(29)25-20)8-11(22-16)3-1-2-4-12-7-10(9-32-12)17(28)23-14(19(30)31)5-6-15(26)27/h7-9,14H,1,3,5-6H2,(H,23,28)(H,26,27)(H,30,31)(H4,21,22,24,25,29). The molecule has 0 aromatic carbocycles. The van der Waals surface area contributed by atoms with Crippen LogP contribution in [-0.2, 0) is 16.0 Å². The first-order valence-corrected chi connectivity index (χ1v) is 10.3. The van der Waals surface area contributed by atoms with E-state index in [1.807, 2.05) is 0 Å². The molecule has 3 heterocycles. The maximum absolute atomic E-state index is 12.3. The Labute approximate surface area is 184 Å². The van der Waals surface area contributed by atoms with E-state index in [-0.39, 0.29) is 29.9 Å². The second kappa shape index (κ2) is 9.80. The molecule has 7 N–H and O–H groups in total. The van der Waals surface area contributed by atoms with Crippen molar-refractivity contribution in [3.8, 4) is 11.8 Å². The Morgan fingerprint density at radius 2 is 2.03 bits per heavy atom. The number of carboxylic acid groups (broad SMARTS) is 2. The highest BCUT2D eigenvalue weighted by Gasteiger charge is 2.22. The number of thiophene rings is 1. The van der Waals surface area contributed by atoms with Crippen LogP contribution in [0.4, 0.5) is 5.95 Å². The van der Waals surface area contributed by atoms with Crippen molar-refractivity contribution in [2.75, 3.05) is 5.73 Å². The van der Waals surface area contributed by atoms with Gasteiger partial charge in [0, 0.05) is 23.9 Å². The Hall–Kier alpha value is -4.11. The third kappa shape index (κ3) is 5.73. The van der Waals surface area contributed by atoms with Crippen molar-refractivity contribution < 1.29 is 24.6 Å². The van der Waals surface area contributed by atoms with Crippen molar-refractivity contribution in [1.82, 2.24) is 20.3 Å². The van der Waals surface area contributed by atoms with Gasteiger partial charge in [-0.05, 0) is 25.0 Å². The van der Waals surface area contributed by atoms with Crippen molar-refractivity contribution in [3.63, 3.8) is 0 Å². The third-order valence-electron chi connectivity index (χ3n) is 4.41. The second-order valence-corrected chi connectivity index (χ2v) is 7.72. The zero-order valence-corrected chi connectivity index (χ0v) is 17.4. The van der Waals surface area contributed by atoms with Gasteiger partial charge in [0.05, 0.1) is 15.8 Å². The molecule has 0 aliphatic rings. The summed E-state index contributed by atoms with van der Waals surface area (Å²) >= 11 is 1.23. The number of nitrogen functional groups attached to an aromatic ring is 1. The zero-order valence-electron chi connectivity index (χ0n) is 16.6. The molecule has 3 aromatic rings. The van der Waals surface area contributed by atoms with E-state index >= 15 is 0 Å². The van der Waals surface area contributed by atoms with Gasteiger partial charge in [-0.3, -0.25) is 19.4 Å². The molecular weight excluding hydrogens is 438 g/mol. The molecule has 11 nitrogen and oxygen atoms in total. The molecule has 12 heteroatoms. The zero-order chi connectivity index (χ0) is 23.3. The molecule has 1 amide bonds. The summed E-state index contributed by atoms with van der Waals surface area (Å²) in [5.41, 5.74) is 6.64. The predicted molar refractivity (Wildman–Crippen MR) is 116 cm³/mol. The van der Waals surface area contributed by atoms with Crippen LogP contribution in [0.2, 0.25) is 0 Å². The monoisotopic (exact) mass is 457 g/mol. The van der Waals surface area contributed by atoms with Crippen LogP contribution in [-0.4, -0.2) is 49.1 Å². The molecule has 1 unspecified atom stereocenters. The van der Waals surface area contributed by atoms with E-state index in [9.17, 15) is 19.2 Å². The van der Waals surface area contributed by atoms with Crippen molar-refractivity contribution in [1.29, 1.82) is 0 Å². The second-order valence-electron chi connectivity index (χ2n) is 6.81. The number of aryl methyl sites for hydroxylation is 1. The molecule has 0 spiro atoms. The van der Waals surface area contributed by atoms with Gasteiger partial charge < -0.3 is 26.2 Å². The summed E-state index contributed by atoms with van der Waals surface area (Å²) < 4.78 is 0. The quantitative estimate of drug-likeness (QED) is 0.269. The number of carboxylic acids is 2. The van der Waals surface area contributed by atoms with E-state index in [1.165, 1.54) is 17.4 Å². The van der Waals surface area contributed by atoms with Gasteiger partial charge in [-0.15, -0.1) is 11.3 Å². The summed E-state index contributed by atoms with van der Waals surface area (Å²) in [4.78, 5) is 56.0. The molecule has 3 aromatic heterocycles. The Kier molecular flexibility index (Phi) is 6.91. The average Bonchev–Trinajstić information content (AvgIpc) is 3.35. The Bertz CT molecular complexity index is 1300. The summed E-state index contributed by atoms with van der Waals surface area (Å²) in [6.45, 7) is 0. The highest BCUT2D eigenvalue weighted by molar-refractivity contribution is 7.10. The minimum atomic E-state index is -1.30. The number of carbonyl (C=O) groups excluding carboxylic acids is 1. The first kappa shape index (κ1) is 22.6. The molecule has 0 aliphatic heterocycles. The number of aliphatic carboxylic acids is 2. The Morgan fingerprint density at radius 1 is 1.25 bits per heavy atom. The molecule has 0 radical (unpaired) electrons. The van der Waals surface area contributed by atoms with Gasteiger partial charge in [0.25, 0.3) is 11.5 Å². The third-order valence-corrected chi connectivity index (χ3v) is 5.26. The molecular formula is C20H19N5O6S. The number of nitrogens with two attached hydrogens (primary N) is 1. The number of carbonyl (C=O) groups is 3. The van der Waals surface area contributed by atoms with E-state index < -0.39 is 23.9 Å². The number of nitrogens with zero attached hydrogens (tertiary/aromatic N) is 1. The fourth-order valence-corrected chi connectivity index (χ4v) is 3.62. The Balaban J connectivity index is 1.58. The van der Waals surface area contributed by atoms with Gasteiger partial charge >= 0.3 is 11.9 Å². The molecule has 0 fully saturated rings. The number of fused-ring (bicyclic) bond motifs is 1. The summed E-state index contributed by atoms with van der Waals surface area (Å²) in [6, 6.07) is 1.94. The summed E-state index contributed by atoms with van der Waals surface area (Å²) in [6.07, 6.45) is 0.446. The largest absolute Gasteiger partial charge is 0.481 e. The summed E-state index contributed by atoms with van der Waals surface area (Å²) in [5.74, 6) is 2.90. The average molecular weight is 457 g/mol. The molecule has 0 saturated heterocycles. The number of rotatable bonds is 8. The van der Waals surface area contributed by atoms with E-state index in [0.29, 0.717) is 28.8 Å². The number of anilines is 1. The first-order chi connectivity index (χ1) is 15.2. The van der Waals surface area contributed by atoms with Crippen molar-refractivity contribution in [2.45, 2.75) is 31.7 Å². The van der Waals surface area contributed by atoms with E-state index in [0.717, 1.165) is 5.69 Å². The van der Waals surface area contributed by atoms with Crippen molar-refractivity contribution in [3.05, 3.63) is 44.0 Å². The molecule has 3 rings (SSSR count). The minimum Gasteiger partial charge on any atom is -0.481 e. The van der Waals surface area contributed by atoms with Gasteiger partial charge in [0.1, 0.15) is 11.7 Å². The van der Waals surface area contributed by atoms with Gasteiger partial charge in [-0.25, -0.2) is 4.79 Å². The van der Waals surface area contributed by atoms with Crippen LogP contribution in [0.25, 0.3) is 11.0 Å². The topological polar surface area (TPSA) is 191 Å². The van der Waals surface area contributed by atoms with Crippen LogP contribution in [0.5, 0.6) is 0 Å². The molecule has 0 bridgehead atoms. The lowest BCUT2D eigenvalue weighted by Crippen LogP contribution is -2.40. The lowest BCUT2D eigenvalue weighted by atomic mass is 10.1. The molecule has 1 atom stereocenters. The smallest absolute Gasteiger partial charge is 0.326 e. The summed E-state index contributed by atoms with van der Waals surface area (Å²) in [7, 11) is 0. The summed E-state index contributed by atoms with van der Waals surface area (Å²) in [5, 5.41) is 22.1. The van der Waals surface area contributed by atoms with Gasteiger partial charge in [-0.1, -0.05) is 11.8 Å².